The van der Waals surface area contributed by atoms with Gasteiger partial charge in [-0.1, -0.05) is 12.8 Å². The number of likely N-dealkylation sites (tertiary alicyclic amines) is 1. The third-order valence-corrected chi connectivity index (χ3v) is 4.09. The maximum atomic E-state index is 12.6. The normalized spacial score (nSPS) is 18.7. The first kappa shape index (κ1) is 14.6. The number of aromatic amines is 1. The Bertz CT molecular complexity index is 584. The molecule has 1 fully saturated rings. The SMILES string of the molecule is O=C(NCc1ccn[nH]1)N1CCCCCC1c1ccncc1. The Hall–Kier alpha value is -2.37. The second-order valence-electron chi connectivity index (χ2n) is 5.58. The highest BCUT2D eigenvalue weighted by Gasteiger charge is 2.26. The smallest absolute Gasteiger partial charge is 0.318 e. The lowest BCUT2D eigenvalue weighted by atomic mass is 10.0. The van der Waals surface area contributed by atoms with E-state index >= 15 is 0 Å². The van der Waals surface area contributed by atoms with Crippen molar-refractivity contribution < 1.29 is 4.79 Å². The summed E-state index contributed by atoms with van der Waals surface area (Å²) in [7, 11) is 0. The Balaban J connectivity index is 1.71. The summed E-state index contributed by atoms with van der Waals surface area (Å²) in [5, 5.41) is 9.73. The number of carbonyl (C=O) groups excluding carboxylic acids is 1. The number of rotatable bonds is 3. The molecule has 0 aromatic carbocycles. The van der Waals surface area contributed by atoms with Crippen molar-refractivity contribution in [3.8, 4) is 0 Å². The maximum absolute atomic E-state index is 12.6. The average molecular weight is 299 g/mol. The van der Waals surface area contributed by atoms with Gasteiger partial charge in [0, 0.05) is 25.1 Å². The lowest BCUT2D eigenvalue weighted by molar-refractivity contribution is 0.175. The zero-order chi connectivity index (χ0) is 15.2. The number of hydrogen-bond donors (Lipinski definition) is 2. The molecule has 0 bridgehead atoms. The molecular weight excluding hydrogens is 278 g/mol. The van der Waals surface area contributed by atoms with Gasteiger partial charge in [0.05, 0.1) is 18.3 Å². The molecule has 116 valence electrons. The fourth-order valence-electron chi connectivity index (χ4n) is 2.94. The van der Waals surface area contributed by atoms with E-state index in [9.17, 15) is 4.79 Å². The Morgan fingerprint density at radius 1 is 1.23 bits per heavy atom. The van der Waals surface area contributed by atoms with Crippen LogP contribution in [0.3, 0.4) is 0 Å². The van der Waals surface area contributed by atoms with Crippen molar-refractivity contribution in [3.63, 3.8) is 0 Å². The molecule has 0 saturated carbocycles. The number of nitrogens with zero attached hydrogens (tertiary/aromatic N) is 3. The van der Waals surface area contributed by atoms with Crippen LogP contribution in [0, 0.1) is 0 Å². The van der Waals surface area contributed by atoms with Crippen LogP contribution in [0.2, 0.25) is 0 Å². The summed E-state index contributed by atoms with van der Waals surface area (Å²) in [5.74, 6) is 0. The summed E-state index contributed by atoms with van der Waals surface area (Å²) < 4.78 is 0. The molecule has 6 heteroatoms. The summed E-state index contributed by atoms with van der Waals surface area (Å²) in [6, 6.07) is 5.99. The number of hydrogen-bond acceptors (Lipinski definition) is 3. The fraction of sp³-hybridized carbons (Fsp3) is 0.438. The van der Waals surface area contributed by atoms with Crippen molar-refractivity contribution in [2.75, 3.05) is 6.54 Å². The van der Waals surface area contributed by atoms with E-state index < -0.39 is 0 Å². The van der Waals surface area contributed by atoms with Crippen molar-refractivity contribution >= 4 is 6.03 Å². The second kappa shape index (κ2) is 7.06. The molecule has 3 rings (SSSR count). The number of aromatic nitrogens is 3. The van der Waals surface area contributed by atoms with Gasteiger partial charge >= 0.3 is 6.03 Å². The predicted octanol–water partition coefficient (Wildman–Crippen LogP) is 2.63. The highest BCUT2D eigenvalue weighted by Crippen LogP contribution is 2.29. The molecule has 3 heterocycles. The van der Waals surface area contributed by atoms with E-state index in [2.05, 4.69) is 20.5 Å². The first-order chi connectivity index (χ1) is 10.8. The molecule has 6 nitrogen and oxygen atoms in total. The molecular formula is C16H21N5O. The average Bonchev–Trinajstić information content (AvgIpc) is 2.96. The van der Waals surface area contributed by atoms with Crippen LogP contribution in [0.25, 0.3) is 0 Å². The molecule has 2 amide bonds. The number of H-pyrrole nitrogens is 1. The van der Waals surface area contributed by atoms with Crippen molar-refractivity contribution in [2.24, 2.45) is 0 Å². The van der Waals surface area contributed by atoms with Gasteiger partial charge in [-0.15, -0.1) is 0 Å². The highest BCUT2D eigenvalue weighted by atomic mass is 16.2. The van der Waals surface area contributed by atoms with Gasteiger partial charge in [0.2, 0.25) is 0 Å². The second-order valence-corrected chi connectivity index (χ2v) is 5.58. The number of amides is 2. The zero-order valence-corrected chi connectivity index (χ0v) is 12.5. The molecule has 0 aliphatic carbocycles. The number of carbonyl (C=O) groups is 1. The predicted molar refractivity (Wildman–Crippen MR) is 83.0 cm³/mol. The first-order valence-corrected chi connectivity index (χ1v) is 7.77. The third kappa shape index (κ3) is 3.44. The highest BCUT2D eigenvalue weighted by molar-refractivity contribution is 5.74. The summed E-state index contributed by atoms with van der Waals surface area (Å²) in [6.45, 7) is 1.26. The fourth-order valence-corrected chi connectivity index (χ4v) is 2.94. The van der Waals surface area contributed by atoms with Crippen LogP contribution in [-0.2, 0) is 6.54 Å². The lowest BCUT2D eigenvalue weighted by Crippen LogP contribution is -2.42. The van der Waals surface area contributed by atoms with Crippen LogP contribution in [-0.4, -0.2) is 32.7 Å². The van der Waals surface area contributed by atoms with Crippen LogP contribution in [0.4, 0.5) is 4.79 Å². The number of pyridine rings is 1. The van der Waals surface area contributed by atoms with Gasteiger partial charge in [0.25, 0.3) is 0 Å². The van der Waals surface area contributed by atoms with Gasteiger partial charge in [0.1, 0.15) is 0 Å². The molecule has 0 spiro atoms. The minimum atomic E-state index is -0.0155. The number of urea groups is 1. The van der Waals surface area contributed by atoms with Crippen LogP contribution in [0.15, 0.2) is 36.8 Å². The van der Waals surface area contributed by atoms with Gasteiger partial charge in [0.15, 0.2) is 0 Å². The van der Waals surface area contributed by atoms with Crippen molar-refractivity contribution in [3.05, 3.63) is 48.0 Å². The van der Waals surface area contributed by atoms with Gasteiger partial charge in [-0.25, -0.2) is 4.79 Å². The molecule has 0 radical (unpaired) electrons. The largest absolute Gasteiger partial charge is 0.332 e. The molecule has 1 aliphatic rings. The van der Waals surface area contributed by atoms with Crippen LogP contribution in [0.1, 0.15) is 43.0 Å². The van der Waals surface area contributed by atoms with Crippen LogP contribution in [0.5, 0.6) is 0 Å². The molecule has 1 aliphatic heterocycles. The standard InChI is InChI=1S/C16H21N5O/c22-16(18-12-14-7-10-19-20-14)21-11-3-1-2-4-15(21)13-5-8-17-9-6-13/h5-10,15H,1-4,11-12H2,(H,18,22)(H,19,20). The Morgan fingerprint density at radius 3 is 2.86 bits per heavy atom. The maximum Gasteiger partial charge on any atom is 0.318 e. The molecule has 1 unspecified atom stereocenters. The summed E-state index contributed by atoms with van der Waals surface area (Å²) in [6.07, 6.45) is 9.65. The van der Waals surface area contributed by atoms with Gasteiger partial charge in [-0.3, -0.25) is 10.1 Å². The zero-order valence-electron chi connectivity index (χ0n) is 12.5. The van der Waals surface area contributed by atoms with Gasteiger partial charge < -0.3 is 10.2 Å². The van der Waals surface area contributed by atoms with Crippen molar-refractivity contribution in [2.45, 2.75) is 38.3 Å². The van der Waals surface area contributed by atoms with Gasteiger partial charge in [-0.2, -0.15) is 5.10 Å². The van der Waals surface area contributed by atoms with Crippen LogP contribution >= 0.6 is 0 Å². The topological polar surface area (TPSA) is 73.9 Å². The van der Waals surface area contributed by atoms with Crippen molar-refractivity contribution in [1.82, 2.24) is 25.4 Å². The Labute approximate surface area is 129 Å². The molecule has 1 atom stereocenters. The lowest BCUT2D eigenvalue weighted by Gasteiger charge is -2.30. The number of nitrogens with one attached hydrogen (secondary N) is 2. The van der Waals surface area contributed by atoms with E-state index in [4.69, 9.17) is 0 Å². The van der Waals surface area contributed by atoms with E-state index in [1.54, 1.807) is 18.6 Å². The minimum Gasteiger partial charge on any atom is -0.332 e. The van der Waals surface area contributed by atoms with E-state index in [0.717, 1.165) is 37.1 Å². The summed E-state index contributed by atoms with van der Waals surface area (Å²) >= 11 is 0. The minimum absolute atomic E-state index is 0.0155. The monoisotopic (exact) mass is 299 g/mol. The van der Waals surface area contributed by atoms with E-state index in [1.165, 1.54) is 6.42 Å². The summed E-state index contributed by atoms with van der Waals surface area (Å²) in [4.78, 5) is 18.6. The molecule has 2 aromatic heterocycles. The van der Waals surface area contributed by atoms with E-state index in [0.29, 0.717) is 6.54 Å². The van der Waals surface area contributed by atoms with E-state index in [1.807, 2.05) is 23.1 Å². The van der Waals surface area contributed by atoms with Crippen molar-refractivity contribution in [1.29, 1.82) is 0 Å². The molecule has 2 aromatic rings. The van der Waals surface area contributed by atoms with Crippen LogP contribution < -0.4 is 5.32 Å². The Morgan fingerprint density at radius 2 is 2.09 bits per heavy atom. The first-order valence-electron chi connectivity index (χ1n) is 7.77. The molecule has 1 saturated heterocycles. The Kier molecular flexibility index (Phi) is 4.68. The van der Waals surface area contributed by atoms with E-state index in [-0.39, 0.29) is 12.1 Å². The quantitative estimate of drug-likeness (QED) is 0.915. The third-order valence-electron chi connectivity index (χ3n) is 4.09. The molecule has 22 heavy (non-hydrogen) atoms. The molecule has 2 N–H and O–H groups in total. The van der Waals surface area contributed by atoms with Gasteiger partial charge in [-0.05, 0) is 36.6 Å². The summed E-state index contributed by atoms with van der Waals surface area (Å²) in [5.41, 5.74) is 2.07.